The number of thioether (sulfide) groups is 1. The van der Waals surface area contributed by atoms with Crippen molar-refractivity contribution in [2.75, 3.05) is 25.5 Å². The summed E-state index contributed by atoms with van der Waals surface area (Å²) in [6, 6.07) is 5.75. The van der Waals surface area contributed by atoms with Crippen LogP contribution in [0.5, 0.6) is 11.8 Å². The number of nitrogens with two attached hydrogens (primary N) is 1. The van der Waals surface area contributed by atoms with Crippen molar-refractivity contribution in [2.45, 2.75) is 134 Å². The number of unbranched alkanes of at least 4 members (excludes halogenated alkanes) is 3. The molecule has 308 valence electrons. The Bertz CT molecular complexity index is 1550. The summed E-state index contributed by atoms with van der Waals surface area (Å²) in [4.78, 5) is 65.4. The van der Waals surface area contributed by atoms with E-state index in [1.54, 1.807) is 51.2 Å². The molecule has 2 atom stereocenters. The van der Waals surface area contributed by atoms with E-state index >= 15 is 0 Å². The Morgan fingerprint density at radius 3 is 2.27 bits per heavy atom. The molecule has 15 nitrogen and oxygen atoms in total. The quantitative estimate of drug-likeness (QED) is 0.0503. The van der Waals surface area contributed by atoms with Crippen LogP contribution in [-0.2, 0) is 32.3 Å². The molecule has 1 heterocycles. The van der Waals surface area contributed by atoms with Gasteiger partial charge in [0.25, 0.3) is 0 Å². The maximum absolute atomic E-state index is 13.5. The standard InChI is InChI=1S/C39H63N7O8S/c1-8-10-22-45(7)38(53)54-25-27-17-19-28(20-18-27)42-34(49)29(15-14-21-41-37(40)52)43-35(50)33(26(3)4)44-31(47)16-12-11-13-23-46-32(48)24-30(36(46)51)55-39(5,6)9-2/h17-20,24,26,29,33,48,51H,8-16,21-23,25H2,1-7H3,(H,42,49)(H,43,50)(H,44,47)(H3,40,41,52). The number of carbonyl (C=O) groups is 5. The van der Waals surface area contributed by atoms with Crippen molar-refractivity contribution in [3.8, 4) is 11.8 Å². The minimum Gasteiger partial charge on any atom is -0.494 e. The average molecular weight is 790 g/mol. The number of amides is 6. The fraction of sp³-hybridized carbons (Fsp3) is 0.615. The molecule has 0 aliphatic heterocycles. The molecule has 1 aromatic heterocycles. The van der Waals surface area contributed by atoms with Crippen LogP contribution in [0.1, 0.15) is 105 Å². The van der Waals surface area contributed by atoms with Crippen molar-refractivity contribution in [3.63, 3.8) is 0 Å². The van der Waals surface area contributed by atoms with Gasteiger partial charge in [-0.05, 0) is 62.1 Å². The fourth-order valence-electron chi connectivity index (χ4n) is 5.38. The third-order valence-corrected chi connectivity index (χ3v) is 10.5. The Hall–Kier alpha value is -4.60. The smallest absolute Gasteiger partial charge is 0.409 e. The number of carbonyl (C=O) groups excluding carboxylic acids is 5. The Labute approximate surface area is 329 Å². The summed E-state index contributed by atoms with van der Waals surface area (Å²) in [6.07, 6.45) is 4.80. The van der Waals surface area contributed by atoms with E-state index in [9.17, 15) is 34.2 Å². The number of hydrogen-bond acceptors (Lipinski definition) is 9. The molecule has 16 heteroatoms. The van der Waals surface area contributed by atoms with Crippen LogP contribution in [0.25, 0.3) is 0 Å². The van der Waals surface area contributed by atoms with Gasteiger partial charge in [0.2, 0.25) is 23.6 Å². The van der Waals surface area contributed by atoms with Gasteiger partial charge in [-0.25, -0.2) is 9.59 Å². The second-order valence-corrected chi connectivity index (χ2v) is 16.4. The Morgan fingerprint density at radius 1 is 0.964 bits per heavy atom. The highest BCUT2D eigenvalue weighted by molar-refractivity contribution is 8.00. The normalized spacial score (nSPS) is 12.4. The van der Waals surface area contributed by atoms with Crippen LogP contribution < -0.4 is 27.0 Å². The maximum atomic E-state index is 13.5. The van der Waals surface area contributed by atoms with Gasteiger partial charge in [-0.1, -0.05) is 66.5 Å². The first-order valence-corrected chi connectivity index (χ1v) is 20.0. The summed E-state index contributed by atoms with van der Waals surface area (Å²) in [7, 11) is 1.69. The molecule has 2 aromatic rings. The fourth-order valence-corrected chi connectivity index (χ4v) is 6.49. The minimum absolute atomic E-state index is 0.00884. The highest BCUT2D eigenvalue weighted by atomic mass is 32.2. The molecule has 6 amide bonds. The summed E-state index contributed by atoms with van der Waals surface area (Å²) in [6.45, 7) is 13.1. The van der Waals surface area contributed by atoms with Gasteiger partial charge in [-0.15, -0.1) is 11.8 Å². The lowest BCUT2D eigenvalue weighted by Crippen LogP contribution is -2.54. The van der Waals surface area contributed by atoms with Crippen LogP contribution in [0, 0.1) is 5.92 Å². The van der Waals surface area contributed by atoms with E-state index in [1.165, 1.54) is 21.2 Å². The molecule has 2 unspecified atom stereocenters. The van der Waals surface area contributed by atoms with Crippen molar-refractivity contribution in [3.05, 3.63) is 35.9 Å². The van der Waals surface area contributed by atoms with E-state index in [0.717, 1.165) is 24.8 Å². The molecule has 1 aromatic carbocycles. The molecule has 0 aliphatic rings. The lowest BCUT2D eigenvalue weighted by molar-refractivity contribution is -0.132. The van der Waals surface area contributed by atoms with E-state index in [4.69, 9.17) is 10.5 Å². The van der Waals surface area contributed by atoms with Crippen LogP contribution >= 0.6 is 11.8 Å². The van der Waals surface area contributed by atoms with Crippen LogP contribution in [0.4, 0.5) is 15.3 Å². The third kappa shape index (κ3) is 16.8. The second-order valence-electron chi connectivity index (χ2n) is 14.7. The molecule has 0 fully saturated rings. The molecule has 55 heavy (non-hydrogen) atoms. The number of aromatic nitrogens is 1. The summed E-state index contributed by atoms with van der Waals surface area (Å²) >= 11 is 1.51. The van der Waals surface area contributed by atoms with Crippen LogP contribution in [-0.4, -0.2) is 86.5 Å². The van der Waals surface area contributed by atoms with E-state index in [0.29, 0.717) is 49.4 Å². The molecule has 2 rings (SSSR count). The average Bonchev–Trinajstić information content (AvgIpc) is 3.39. The first kappa shape index (κ1) is 46.6. The highest BCUT2D eigenvalue weighted by Gasteiger charge is 2.29. The number of primary amides is 1. The topological polar surface area (TPSA) is 217 Å². The first-order valence-electron chi connectivity index (χ1n) is 19.2. The number of benzene rings is 1. The van der Waals surface area contributed by atoms with Gasteiger partial charge >= 0.3 is 12.1 Å². The number of rotatable bonds is 24. The molecule has 0 aliphatic carbocycles. The predicted molar refractivity (Wildman–Crippen MR) is 215 cm³/mol. The maximum Gasteiger partial charge on any atom is 0.409 e. The van der Waals surface area contributed by atoms with E-state index < -0.39 is 36.0 Å². The van der Waals surface area contributed by atoms with Crippen molar-refractivity contribution >= 4 is 47.3 Å². The number of aromatic hydroxyl groups is 2. The van der Waals surface area contributed by atoms with Gasteiger partial charge in [-0.2, -0.15) is 0 Å². The molecular formula is C39H63N7O8S. The SMILES string of the molecule is CCCCN(C)C(=O)OCc1ccc(NC(=O)C(CCCNC(N)=O)NC(=O)C(NC(=O)CCCCCn2c(O)cc(SC(C)(C)CC)c2O)C(C)C)cc1. The highest BCUT2D eigenvalue weighted by Crippen LogP contribution is 2.43. The largest absolute Gasteiger partial charge is 0.494 e. The van der Waals surface area contributed by atoms with Crippen molar-refractivity contribution in [1.29, 1.82) is 0 Å². The molecular weight excluding hydrogens is 727 g/mol. The summed E-state index contributed by atoms with van der Waals surface area (Å²) in [5, 5.41) is 31.9. The lowest BCUT2D eigenvalue weighted by atomic mass is 10.0. The minimum atomic E-state index is -0.993. The Morgan fingerprint density at radius 2 is 1.65 bits per heavy atom. The summed E-state index contributed by atoms with van der Waals surface area (Å²) in [5.74, 6) is -1.59. The number of urea groups is 1. The molecule has 0 radical (unpaired) electrons. The van der Waals surface area contributed by atoms with Crippen molar-refractivity contribution in [2.24, 2.45) is 11.7 Å². The van der Waals surface area contributed by atoms with Gasteiger partial charge in [0, 0.05) is 49.6 Å². The molecule has 0 saturated heterocycles. The number of ether oxygens (including phenoxy) is 1. The number of nitrogens with zero attached hydrogens (tertiary/aromatic N) is 2. The zero-order valence-corrected chi connectivity index (χ0v) is 34.4. The monoisotopic (exact) mass is 789 g/mol. The number of nitrogens with one attached hydrogen (secondary N) is 4. The van der Waals surface area contributed by atoms with Crippen molar-refractivity contribution < 1.29 is 38.9 Å². The van der Waals surface area contributed by atoms with Crippen LogP contribution in [0.2, 0.25) is 0 Å². The van der Waals surface area contributed by atoms with E-state index in [1.807, 2.05) is 6.92 Å². The van der Waals surface area contributed by atoms with Gasteiger partial charge in [0.05, 0.1) is 4.90 Å². The van der Waals surface area contributed by atoms with E-state index in [-0.39, 0.29) is 54.3 Å². The van der Waals surface area contributed by atoms with Crippen molar-refractivity contribution in [1.82, 2.24) is 25.4 Å². The molecule has 0 saturated carbocycles. The number of hydrogen-bond donors (Lipinski definition) is 7. The molecule has 0 spiro atoms. The lowest BCUT2D eigenvalue weighted by Gasteiger charge is -2.25. The van der Waals surface area contributed by atoms with Gasteiger partial charge in [0.1, 0.15) is 18.7 Å². The zero-order valence-electron chi connectivity index (χ0n) is 33.5. The Kier molecular flexibility index (Phi) is 19.8. The Balaban J connectivity index is 1.96. The predicted octanol–water partition coefficient (Wildman–Crippen LogP) is 5.82. The third-order valence-electron chi connectivity index (χ3n) is 9.15. The second kappa shape index (κ2) is 23.3. The van der Waals surface area contributed by atoms with Crippen LogP contribution in [0.15, 0.2) is 35.2 Å². The summed E-state index contributed by atoms with van der Waals surface area (Å²) < 4.78 is 6.74. The van der Waals surface area contributed by atoms with Gasteiger partial charge < -0.3 is 46.9 Å². The zero-order chi connectivity index (χ0) is 41.1. The van der Waals surface area contributed by atoms with Gasteiger partial charge in [-0.3, -0.25) is 19.0 Å². The van der Waals surface area contributed by atoms with Crippen LogP contribution in [0.3, 0.4) is 0 Å². The molecule has 0 bridgehead atoms. The first-order chi connectivity index (χ1) is 26.0. The van der Waals surface area contributed by atoms with Gasteiger partial charge in [0.15, 0.2) is 5.88 Å². The number of anilines is 1. The molecule has 8 N–H and O–H groups in total. The van der Waals surface area contributed by atoms with E-state index in [2.05, 4.69) is 42.0 Å². The summed E-state index contributed by atoms with van der Waals surface area (Å²) in [5.41, 5.74) is 6.37.